The Balaban J connectivity index is 6.53. The largest absolute Gasteiger partial charge is 0.0631 e. The zero-order chi connectivity index (χ0) is 20.7. The van der Waals surface area contributed by atoms with Crippen molar-refractivity contribution < 1.29 is 0 Å². The fourth-order valence-corrected chi connectivity index (χ4v) is 34.6. The highest BCUT2D eigenvalue weighted by molar-refractivity contribution is 7.42. The Hall–Kier alpha value is 0.434. The van der Waals surface area contributed by atoms with Crippen molar-refractivity contribution in [2.75, 3.05) is 0 Å². The van der Waals surface area contributed by atoms with E-state index in [1.54, 1.807) is 36.3 Å². The van der Waals surface area contributed by atoms with Gasteiger partial charge in [0.1, 0.15) is 0 Å². The van der Waals surface area contributed by atoms with Gasteiger partial charge in [0.2, 0.25) is 0 Å². The standard InChI is InChI=1S/C24H54Si2/c1-19(2)13-25(14-20(3)4,15-21(5)6)26(16-22(7)8,17-23(9)10)18-24(11)12/h19-24H,13-18H2,1-12H3. The van der Waals surface area contributed by atoms with Gasteiger partial charge >= 0.3 is 0 Å². The molecule has 0 amide bonds. The van der Waals surface area contributed by atoms with E-state index in [2.05, 4.69) is 83.1 Å². The molecule has 0 heterocycles. The summed E-state index contributed by atoms with van der Waals surface area (Å²) in [6, 6.07) is 9.59. The van der Waals surface area contributed by atoms with E-state index in [1.807, 2.05) is 0 Å². The van der Waals surface area contributed by atoms with Crippen LogP contribution < -0.4 is 0 Å². The Morgan fingerprint density at radius 1 is 0.308 bits per heavy atom. The monoisotopic (exact) mass is 398 g/mol. The number of hydrogen-bond acceptors (Lipinski definition) is 0. The van der Waals surface area contributed by atoms with Crippen molar-refractivity contribution in [2.24, 2.45) is 35.5 Å². The van der Waals surface area contributed by atoms with Crippen molar-refractivity contribution in [1.29, 1.82) is 0 Å². The molecular formula is C24H54Si2. The topological polar surface area (TPSA) is 0 Å². The van der Waals surface area contributed by atoms with E-state index in [9.17, 15) is 0 Å². The van der Waals surface area contributed by atoms with Gasteiger partial charge in [0.15, 0.2) is 0 Å². The summed E-state index contributed by atoms with van der Waals surface area (Å²) < 4.78 is 0. The molecule has 0 fully saturated rings. The van der Waals surface area contributed by atoms with Crippen LogP contribution in [0.25, 0.3) is 0 Å². The Labute approximate surface area is 170 Å². The molecule has 2 heteroatoms. The van der Waals surface area contributed by atoms with Crippen LogP contribution in [-0.2, 0) is 0 Å². The van der Waals surface area contributed by atoms with Crippen molar-refractivity contribution in [3.05, 3.63) is 0 Å². The first-order valence-electron chi connectivity index (χ1n) is 11.7. The number of hydrogen-bond donors (Lipinski definition) is 0. The minimum absolute atomic E-state index is 0.873. The van der Waals surface area contributed by atoms with Gasteiger partial charge in [-0.25, -0.2) is 0 Å². The normalized spacial score (nSPS) is 14.1. The maximum absolute atomic E-state index is 2.52. The molecular weight excluding hydrogens is 344 g/mol. The van der Waals surface area contributed by atoms with Crippen LogP contribution in [0.2, 0.25) is 36.3 Å². The maximum Gasteiger partial charge on any atom is 0.0486 e. The summed E-state index contributed by atoms with van der Waals surface area (Å²) in [6.07, 6.45) is 0. The van der Waals surface area contributed by atoms with Crippen molar-refractivity contribution in [3.63, 3.8) is 0 Å². The van der Waals surface area contributed by atoms with E-state index in [0.717, 1.165) is 35.5 Å². The predicted molar refractivity (Wildman–Crippen MR) is 129 cm³/mol. The Morgan fingerprint density at radius 2 is 0.423 bits per heavy atom. The molecule has 0 spiro atoms. The summed E-state index contributed by atoms with van der Waals surface area (Å²) in [7, 11) is -2.63. The second-order valence-electron chi connectivity index (χ2n) is 12.1. The summed E-state index contributed by atoms with van der Waals surface area (Å²) in [5.74, 6) is 5.24. The highest BCUT2D eigenvalue weighted by atomic mass is 29.3. The van der Waals surface area contributed by atoms with Gasteiger partial charge in [0, 0.05) is 15.2 Å². The SMILES string of the molecule is CC(C)C[Si](CC(C)C)(CC(C)C)[Si](CC(C)C)(CC(C)C)CC(C)C. The molecule has 0 unspecified atom stereocenters. The lowest BCUT2D eigenvalue weighted by atomic mass is 10.2. The van der Waals surface area contributed by atoms with E-state index in [1.165, 1.54) is 0 Å². The Kier molecular flexibility index (Phi) is 11.6. The zero-order valence-electron chi connectivity index (χ0n) is 20.7. The van der Waals surface area contributed by atoms with Gasteiger partial charge in [-0.2, -0.15) is 0 Å². The van der Waals surface area contributed by atoms with Gasteiger partial charge in [-0.15, -0.1) is 0 Å². The Morgan fingerprint density at radius 3 is 0.500 bits per heavy atom. The molecule has 0 aliphatic heterocycles. The van der Waals surface area contributed by atoms with Crippen LogP contribution in [0.3, 0.4) is 0 Å². The van der Waals surface area contributed by atoms with Crippen LogP contribution in [0.15, 0.2) is 0 Å². The quantitative estimate of drug-likeness (QED) is 0.272. The average molecular weight is 399 g/mol. The maximum atomic E-state index is 2.52. The second-order valence-corrected chi connectivity index (χ2v) is 26.1. The van der Waals surface area contributed by atoms with Crippen LogP contribution in [0, 0.1) is 35.5 Å². The minimum atomic E-state index is -1.31. The van der Waals surface area contributed by atoms with E-state index in [4.69, 9.17) is 0 Å². The molecule has 0 aliphatic rings. The van der Waals surface area contributed by atoms with Crippen LogP contribution in [0.5, 0.6) is 0 Å². The third kappa shape index (κ3) is 8.63. The summed E-state index contributed by atoms with van der Waals surface area (Å²) in [5.41, 5.74) is 0. The van der Waals surface area contributed by atoms with Gasteiger partial charge in [-0.3, -0.25) is 0 Å². The molecule has 0 atom stereocenters. The fourth-order valence-electron chi connectivity index (χ4n) is 6.49. The van der Waals surface area contributed by atoms with Gasteiger partial charge in [0.25, 0.3) is 0 Å². The third-order valence-corrected chi connectivity index (χ3v) is 28.2. The highest BCUT2D eigenvalue weighted by Crippen LogP contribution is 2.48. The third-order valence-electron chi connectivity index (χ3n) is 5.92. The lowest BCUT2D eigenvalue weighted by Gasteiger charge is -2.54. The Bertz CT molecular complexity index is 277. The lowest BCUT2D eigenvalue weighted by Crippen LogP contribution is -2.65. The molecule has 0 bridgehead atoms. The summed E-state index contributed by atoms with van der Waals surface area (Å²) in [6.45, 7) is 30.2. The molecule has 0 aliphatic carbocycles. The molecule has 0 saturated heterocycles. The lowest BCUT2D eigenvalue weighted by molar-refractivity contribution is 0.625. The molecule has 0 nitrogen and oxygen atoms in total. The van der Waals surface area contributed by atoms with Gasteiger partial charge < -0.3 is 0 Å². The second kappa shape index (κ2) is 11.4. The molecule has 0 aromatic heterocycles. The average Bonchev–Trinajstić information content (AvgIpc) is 2.32. The summed E-state index contributed by atoms with van der Waals surface area (Å²) >= 11 is 0. The van der Waals surface area contributed by atoms with Crippen LogP contribution in [-0.4, -0.2) is 15.2 Å². The fraction of sp³-hybridized carbons (Fsp3) is 1.00. The molecule has 0 rings (SSSR count). The first-order valence-corrected chi connectivity index (χ1v) is 18.0. The smallest absolute Gasteiger partial charge is 0.0486 e. The molecule has 0 saturated carbocycles. The van der Waals surface area contributed by atoms with Gasteiger partial charge in [-0.05, 0) is 35.5 Å². The van der Waals surface area contributed by atoms with E-state index >= 15 is 0 Å². The van der Waals surface area contributed by atoms with Crippen molar-refractivity contribution in [1.82, 2.24) is 0 Å². The highest BCUT2D eigenvalue weighted by Gasteiger charge is 2.54. The van der Waals surface area contributed by atoms with Crippen molar-refractivity contribution >= 4 is 15.2 Å². The van der Waals surface area contributed by atoms with E-state index < -0.39 is 15.2 Å². The van der Waals surface area contributed by atoms with E-state index in [0.29, 0.717) is 0 Å². The van der Waals surface area contributed by atoms with Crippen LogP contribution in [0.4, 0.5) is 0 Å². The van der Waals surface area contributed by atoms with Gasteiger partial charge in [-0.1, -0.05) is 119 Å². The molecule has 0 aromatic carbocycles. The summed E-state index contributed by atoms with van der Waals surface area (Å²) in [4.78, 5) is 0. The van der Waals surface area contributed by atoms with Crippen LogP contribution >= 0.6 is 0 Å². The molecule has 0 N–H and O–H groups in total. The molecule has 26 heavy (non-hydrogen) atoms. The number of rotatable bonds is 13. The van der Waals surface area contributed by atoms with Crippen molar-refractivity contribution in [3.8, 4) is 0 Å². The summed E-state index contributed by atoms with van der Waals surface area (Å²) in [5, 5.41) is 0. The molecule has 158 valence electrons. The van der Waals surface area contributed by atoms with E-state index in [-0.39, 0.29) is 0 Å². The predicted octanol–water partition coefficient (Wildman–Crippen LogP) is 8.90. The molecule has 0 radical (unpaired) electrons. The van der Waals surface area contributed by atoms with Gasteiger partial charge in [0.05, 0.1) is 0 Å². The van der Waals surface area contributed by atoms with Crippen molar-refractivity contribution in [2.45, 2.75) is 119 Å². The first kappa shape index (κ1) is 26.4. The zero-order valence-corrected chi connectivity index (χ0v) is 22.7. The first-order chi connectivity index (χ1) is 11.7. The minimum Gasteiger partial charge on any atom is -0.0631 e. The van der Waals surface area contributed by atoms with Crippen LogP contribution in [0.1, 0.15) is 83.1 Å². The molecule has 0 aromatic rings.